The zero-order valence-corrected chi connectivity index (χ0v) is 7.73. The van der Waals surface area contributed by atoms with Gasteiger partial charge < -0.3 is 0 Å². The summed E-state index contributed by atoms with van der Waals surface area (Å²) in [6.45, 7) is 3.14. The summed E-state index contributed by atoms with van der Waals surface area (Å²) in [5, 5.41) is 0. The fourth-order valence-electron chi connectivity index (χ4n) is 0.808. The Morgan fingerprint density at radius 2 is 2.00 bits per heavy atom. The molecule has 0 heterocycles. The molecule has 3 heteroatoms. The van der Waals surface area contributed by atoms with Gasteiger partial charge >= 0.3 is 0 Å². The fraction of sp³-hybridized carbons (Fsp3) is 1.00. The average Bonchev–Trinajstić information content (AvgIpc) is 1.98. The van der Waals surface area contributed by atoms with Crippen molar-refractivity contribution < 1.29 is 4.57 Å². The third-order valence-electron chi connectivity index (χ3n) is 1.47. The van der Waals surface area contributed by atoms with Gasteiger partial charge in [0.15, 0.2) is 0 Å². The van der Waals surface area contributed by atoms with Gasteiger partial charge in [-0.05, 0) is 13.5 Å². The Hall–Kier alpha value is 0.0600. The maximum absolute atomic E-state index is 10.2. The Morgan fingerprint density at radius 3 is 2.50 bits per heavy atom. The van der Waals surface area contributed by atoms with E-state index in [0.717, 1.165) is 6.54 Å². The normalized spacial score (nSPS) is 11.1. The molecule has 0 aromatic carbocycles. The van der Waals surface area contributed by atoms with Crippen LogP contribution in [0, 0.1) is 0 Å². The minimum absolute atomic E-state index is 0.146. The lowest BCUT2D eigenvalue weighted by Gasteiger charge is -2.04. The molecular weight excluding hydrogens is 145 g/mol. The van der Waals surface area contributed by atoms with E-state index in [1.165, 1.54) is 25.7 Å². The van der Waals surface area contributed by atoms with E-state index in [2.05, 4.69) is 6.92 Å². The molecule has 0 saturated carbocycles. The van der Waals surface area contributed by atoms with Gasteiger partial charge in [0, 0.05) is 6.54 Å². The van der Waals surface area contributed by atoms with Crippen molar-refractivity contribution in [2.24, 2.45) is 0 Å². The van der Waals surface area contributed by atoms with Crippen molar-refractivity contribution in [1.29, 1.82) is 0 Å². The Balaban J connectivity index is 2.95. The Bertz CT molecular complexity index is 87.7. The highest BCUT2D eigenvalue weighted by Gasteiger charge is 1.94. The van der Waals surface area contributed by atoms with Crippen LogP contribution in [-0.2, 0) is 4.57 Å². The summed E-state index contributed by atoms with van der Waals surface area (Å²) < 4.78 is 12.0. The molecule has 0 atom stereocenters. The molecule has 0 bridgehead atoms. The van der Waals surface area contributed by atoms with Gasteiger partial charge in [0.25, 0.3) is 0 Å². The first-order chi connectivity index (χ1) is 4.81. The maximum atomic E-state index is 10.2. The molecule has 0 rings (SSSR count). The third-order valence-corrected chi connectivity index (χ3v) is 1.95. The van der Waals surface area contributed by atoms with Gasteiger partial charge in [-0.2, -0.15) is 0 Å². The standard InChI is InChI=1S/C7H16NOP/c1-3-4-5-6-7-8(2)10-9/h3-7H2,1-2H3. The number of nitrogens with zero attached hydrogens (tertiary/aromatic N) is 1. The molecule has 0 aromatic rings. The molecule has 60 valence electrons. The first-order valence-electron chi connectivity index (χ1n) is 3.85. The fourth-order valence-corrected chi connectivity index (χ4v) is 1.03. The molecule has 0 aliphatic carbocycles. The van der Waals surface area contributed by atoms with E-state index < -0.39 is 0 Å². The zero-order chi connectivity index (χ0) is 7.82. The predicted molar refractivity (Wildman–Crippen MR) is 44.4 cm³/mol. The number of hydrogen-bond acceptors (Lipinski definition) is 1. The van der Waals surface area contributed by atoms with Gasteiger partial charge in [-0.1, -0.05) is 26.2 Å². The molecule has 0 fully saturated rings. The Morgan fingerprint density at radius 1 is 1.30 bits per heavy atom. The molecule has 0 aromatic heterocycles. The van der Waals surface area contributed by atoms with Crippen LogP contribution in [0.25, 0.3) is 0 Å². The summed E-state index contributed by atoms with van der Waals surface area (Å²) in [5.74, 6) is 0. The average molecular weight is 161 g/mol. The van der Waals surface area contributed by atoms with Gasteiger partial charge in [0.1, 0.15) is 0 Å². The first-order valence-corrected chi connectivity index (χ1v) is 4.62. The maximum Gasteiger partial charge on any atom is 0.248 e. The second kappa shape index (κ2) is 7.17. The predicted octanol–water partition coefficient (Wildman–Crippen LogP) is 2.71. The minimum Gasteiger partial charge on any atom is -0.256 e. The lowest BCUT2D eigenvalue weighted by Crippen LogP contribution is -2.06. The highest BCUT2D eigenvalue weighted by molar-refractivity contribution is 7.20. The van der Waals surface area contributed by atoms with Gasteiger partial charge in [-0.15, -0.1) is 0 Å². The second-order valence-corrected chi connectivity index (χ2v) is 3.37. The van der Waals surface area contributed by atoms with Crippen molar-refractivity contribution in [2.75, 3.05) is 13.6 Å². The van der Waals surface area contributed by atoms with E-state index in [9.17, 15) is 4.57 Å². The Labute approximate surface area is 64.9 Å². The summed E-state index contributed by atoms with van der Waals surface area (Å²) in [6.07, 6.45) is 4.98. The Kier molecular flexibility index (Phi) is 7.21. The molecule has 0 amide bonds. The largest absolute Gasteiger partial charge is 0.256 e. The molecule has 0 radical (unpaired) electrons. The van der Waals surface area contributed by atoms with Crippen LogP contribution in [0.2, 0.25) is 0 Å². The van der Waals surface area contributed by atoms with Crippen molar-refractivity contribution in [1.82, 2.24) is 4.67 Å². The van der Waals surface area contributed by atoms with Gasteiger partial charge in [0.2, 0.25) is 8.61 Å². The summed E-state index contributed by atoms with van der Waals surface area (Å²) >= 11 is 0. The third kappa shape index (κ3) is 6.18. The summed E-state index contributed by atoms with van der Waals surface area (Å²) in [5.41, 5.74) is 0. The van der Waals surface area contributed by atoms with Gasteiger partial charge in [-0.3, -0.25) is 4.57 Å². The number of unbranched alkanes of at least 4 members (excludes halogenated alkanes) is 3. The molecule has 0 unspecified atom stereocenters. The van der Waals surface area contributed by atoms with Crippen LogP contribution in [0.5, 0.6) is 0 Å². The lowest BCUT2D eigenvalue weighted by atomic mass is 10.2. The van der Waals surface area contributed by atoms with Crippen molar-refractivity contribution in [3.8, 4) is 0 Å². The van der Waals surface area contributed by atoms with E-state index in [1.54, 1.807) is 4.67 Å². The van der Waals surface area contributed by atoms with Crippen LogP contribution in [0.4, 0.5) is 0 Å². The number of rotatable bonds is 6. The SMILES string of the molecule is CCCCCCN(C)P=O. The van der Waals surface area contributed by atoms with Gasteiger partial charge in [-0.25, -0.2) is 4.67 Å². The molecule has 0 aliphatic rings. The van der Waals surface area contributed by atoms with E-state index in [0.29, 0.717) is 0 Å². The molecular formula is C7H16NOP. The highest BCUT2D eigenvalue weighted by atomic mass is 31.1. The minimum atomic E-state index is 0.146. The van der Waals surface area contributed by atoms with E-state index in [1.807, 2.05) is 7.05 Å². The van der Waals surface area contributed by atoms with Gasteiger partial charge in [0.05, 0.1) is 0 Å². The van der Waals surface area contributed by atoms with Crippen molar-refractivity contribution in [3.63, 3.8) is 0 Å². The van der Waals surface area contributed by atoms with E-state index >= 15 is 0 Å². The number of hydrogen-bond donors (Lipinski definition) is 0. The van der Waals surface area contributed by atoms with Crippen molar-refractivity contribution in [3.05, 3.63) is 0 Å². The monoisotopic (exact) mass is 161 g/mol. The molecule has 2 nitrogen and oxygen atoms in total. The van der Waals surface area contributed by atoms with Crippen LogP contribution in [0.1, 0.15) is 32.6 Å². The quantitative estimate of drug-likeness (QED) is 0.441. The molecule has 0 N–H and O–H groups in total. The van der Waals surface area contributed by atoms with Crippen LogP contribution in [0.3, 0.4) is 0 Å². The van der Waals surface area contributed by atoms with Crippen molar-refractivity contribution >= 4 is 8.61 Å². The summed E-state index contributed by atoms with van der Waals surface area (Å²) in [7, 11) is 2.01. The second-order valence-electron chi connectivity index (χ2n) is 2.52. The topological polar surface area (TPSA) is 20.3 Å². The first kappa shape index (κ1) is 10.1. The lowest BCUT2D eigenvalue weighted by molar-refractivity contribution is 0.478. The van der Waals surface area contributed by atoms with Crippen LogP contribution in [0.15, 0.2) is 0 Å². The van der Waals surface area contributed by atoms with Crippen LogP contribution >= 0.6 is 8.61 Å². The molecule has 0 spiro atoms. The summed E-state index contributed by atoms with van der Waals surface area (Å²) in [6, 6.07) is 0. The highest BCUT2D eigenvalue weighted by Crippen LogP contribution is 2.05. The smallest absolute Gasteiger partial charge is 0.248 e. The molecule has 0 aliphatic heterocycles. The van der Waals surface area contributed by atoms with Crippen molar-refractivity contribution in [2.45, 2.75) is 32.6 Å². The van der Waals surface area contributed by atoms with Crippen LogP contribution < -0.4 is 0 Å². The van der Waals surface area contributed by atoms with Crippen LogP contribution in [-0.4, -0.2) is 18.3 Å². The zero-order valence-electron chi connectivity index (χ0n) is 6.84. The molecule has 10 heavy (non-hydrogen) atoms. The molecule has 0 saturated heterocycles. The van der Waals surface area contributed by atoms with E-state index in [-0.39, 0.29) is 8.61 Å². The summed E-state index contributed by atoms with van der Waals surface area (Å²) in [4.78, 5) is 0. The van der Waals surface area contributed by atoms with E-state index in [4.69, 9.17) is 0 Å².